The summed E-state index contributed by atoms with van der Waals surface area (Å²) in [4.78, 5) is 7.72. The minimum absolute atomic E-state index is 0.696. The van der Waals surface area contributed by atoms with Crippen molar-refractivity contribution < 1.29 is 0 Å². The molecule has 0 atom stereocenters. The molecule has 0 aliphatic heterocycles. The average molecular weight is 131 g/mol. The molecule has 4 heteroatoms. The quantitative estimate of drug-likeness (QED) is 0.513. The maximum absolute atomic E-state index is 3.94. The van der Waals surface area contributed by atoms with Gasteiger partial charge in [-0.05, 0) is 6.07 Å². The molecule has 0 N–H and O–H groups in total. The monoisotopic (exact) mass is 131 g/mol. The van der Waals surface area contributed by atoms with Gasteiger partial charge in [-0.15, -0.1) is 10.2 Å². The molecule has 2 heterocycles. The molecule has 0 aliphatic carbocycles. The van der Waals surface area contributed by atoms with E-state index in [0.29, 0.717) is 5.52 Å². The van der Waals surface area contributed by atoms with E-state index in [1.54, 1.807) is 12.3 Å². The Kier molecular flexibility index (Phi) is 1.04. The van der Waals surface area contributed by atoms with Crippen LogP contribution in [0.15, 0.2) is 18.6 Å². The van der Waals surface area contributed by atoms with Crippen molar-refractivity contribution in [2.24, 2.45) is 0 Å². The zero-order valence-electron chi connectivity index (χ0n) is 5.02. The Morgan fingerprint density at radius 1 is 1.30 bits per heavy atom. The molecule has 0 saturated heterocycles. The van der Waals surface area contributed by atoms with Gasteiger partial charge >= 0.3 is 0 Å². The Labute approximate surface area is 57.0 Å². The molecule has 0 saturated carbocycles. The largest absolute Gasteiger partial charge is 0.242 e. The van der Waals surface area contributed by atoms with Crippen molar-refractivity contribution in [1.29, 1.82) is 0 Å². The zero-order valence-corrected chi connectivity index (χ0v) is 5.02. The Balaban J connectivity index is 2.89. The van der Waals surface area contributed by atoms with Gasteiger partial charge in [-0.3, -0.25) is 0 Å². The molecule has 0 spiro atoms. The highest BCUT2D eigenvalue weighted by atomic mass is 15.1. The molecule has 0 unspecified atom stereocenters. The normalized spacial score (nSPS) is 10.0. The first-order valence-corrected chi connectivity index (χ1v) is 2.76. The van der Waals surface area contributed by atoms with Crippen molar-refractivity contribution >= 4 is 11.0 Å². The van der Waals surface area contributed by atoms with Gasteiger partial charge in [-0.2, -0.15) is 0 Å². The molecule has 1 radical (unpaired) electrons. The number of rotatable bonds is 0. The van der Waals surface area contributed by atoms with Crippen molar-refractivity contribution in [3.05, 3.63) is 24.8 Å². The van der Waals surface area contributed by atoms with Gasteiger partial charge in [0.25, 0.3) is 0 Å². The molecule has 0 aliphatic rings. The van der Waals surface area contributed by atoms with Gasteiger partial charge in [0.15, 0.2) is 0 Å². The second kappa shape index (κ2) is 1.98. The van der Waals surface area contributed by atoms with Crippen molar-refractivity contribution in [2.45, 2.75) is 0 Å². The van der Waals surface area contributed by atoms with Crippen LogP contribution in [0.5, 0.6) is 0 Å². The molecule has 2 rings (SSSR count). The predicted molar refractivity (Wildman–Crippen MR) is 34.0 cm³/mol. The summed E-state index contributed by atoms with van der Waals surface area (Å²) >= 11 is 0. The number of nitrogens with zero attached hydrogens (tertiary/aromatic N) is 4. The molecule has 0 amide bonds. The molecule has 4 nitrogen and oxygen atoms in total. The lowest BCUT2D eigenvalue weighted by atomic mass is 10.4. The summed E-state index contributed by atoms with van der Waals surface area (Å²) in [6.07, 6.45) is 5.67. The van der Waals surface area contributed by atoms with E-state index >= 15 is 0 Å². The van der Waals surface area contributed by atoms with Gasteiger partial charge in [0.05, 0.1) is 11.7 Å². The first-order chi connectivity index (χ1) is 4.97. The lowest BCUT2D eigenvalue weighted by Gasteiger charge is -1.88. The molecule has 0 fully saturated rings. The van der Waals surface area contributed by atoms with Crippen molar-refractivity contribution in [1.82, 2.24) is 20.2 Å². The summed E-state index contributed by atoms with van der Waals surface area (Å²) in [7, 11) is 0. The number of aromatic nitrogens is 4. The van der Waals surface area contributed by atoms with Gasteiger partial charge < -0.3 is 0 Å². The first kappa shape index (κ1) is 5.22. The maximum Gasteiger partial charge on any atom is 0.130 e. The van der Waals surface area contributed by atoms with E-state index in [4.69, 9.17) is 0 Å². The smallest absolute Gasteiger partial charge is 0.130 e. The maximum atomic E-state index is 3.94. The molecule has 2 aromatic heterocycles. The third kappa shape index (κ3) is 0.699. The molecule has 0 bridgehead atoms. The second-order valence-corrected chi connectivity index (χ2v) is 1.77. The van der Waals surface area contributed by atoms with E-state index in [0.717, 1.165) is 5.52 Å². The standard InChI is InChI=1S/C6H3N4/c1-2-9-10-6-3-7-4-8-5(1)6/h1,3-4H. The predicted octanol–water partition coefficient (Wildman–Crippen LogP) is 0.220. The summed E-state index contributed by atoms with van der Waals surface area (Å²) in [6.45, 7) is 0. The minimum atomic E-state index is 0.696. The fourth-order valence-electron chi connectivity index (χ4n) is 0.693. The average Bonchev–Trinajstić information content (AvgIpc) is 2.05. The number of hydrogen-bond donors (Lipinski definition) is 0. The van der Waals surface area contributed by atoms with Crippen LogP contribution in [0.1, 0.15) is 0 Å². The van der Waals surface area contributed by atoms with Gasteiger partial charge in [-0.25, -0.2) is 9.97 Å². The fraction of sp³-hybridized carbons (Fsp3) is 0. The van der Waals surface area contributed by atoms with E-state index in [9.17, 15) is 0 Å². The van der Waals surface area contributed by atoms with Crippen molar-refractivity contribution in [3.63, 3.8) is 0 Å². The third-order valence-electron chi connectivity index (χ3n) is 1.14. The Hall–Kier alpha value is -1.58. The van der Waals surface area contributed by atoms with Crippen LogP contribution in [0.25, 0.3) is 11.0 Å². The third-order valence-corrected chi connectivity index (χ3v) is 1.14. The summed E-state index contributed by atoms with van der Waals surface area (Å²) in [5.74, 6) is 0. The highest BCUT2D eigenvalue weighted by Crippen LogP contribution is 2.00. The van der Waals surface area contributed by atoms with Crippen molar-refractivity contribution in [2.75, 3.05) is 0 Å². The van der Waals surface area contributed by atoms with E-state index in [1.165, 1.54) is 6.33 Å². The summed E-state index contributed by atoms with van der Waals surface area (Å²) < 4.78 is 0. The van der Waals surface area contributed by atoms with Crippen LogP contribution in [0.3, 0.4) is 0 Å². The summed E-state index contributed by atoms with van der Waals surface area (Å²) in [5.41, 5.74) is 1.46. The van der Waals surface area contributed by atoms with Gasteiger partial charge in [0.2, 0.25) is 0 Å². The lowest BCUT2D eigenvalue weighted by molar-refractivity contribution is 1.05. The van der Waals surface area contributed by atoms with Crippen LogP contribution in [-0.2, 0) is 0 Å². The number of fused-ring (bicyclic) bond motifs is 1. The van der Waals surface area contributed by atoms with E-state index < -0.39 is 0 Å². The zero-order chi connectivity index (χ0) is 6.81. The molecule has 2 aromatic rings. The molecule has 0 aromatic carbocycles. The highest BCUT2D eigenvalue weighted by Gasteiger charge is 1.90. The lowest BCUT2D eigenvalue weighted by Crippen LogP contribution is -1.85. The molecular formula is C6H3N4. The topological polar surface area (TPSA) is 51.6 Å². The molecule has 10 heavy (non-hydrogen) atoms. The Morgan fingerprint density at radius 3 is 3.20 bits per heavy atom. The summed E-state index contributed by atoms with van der Waals surface area (Å²) in [6, 6.07) is 1.67. The van der Waals surface area contributed by atoms with Crippen LogP contribution in [0, 0.1) is 6.20 Å². The van der Waals surface area contributed by atoms with E-state index in [2.05, 4.69) is 26.4 Å². The Morgan fingerprint density at radius 2 is 2.30 bits per heavy atom. The molecular weight excluding hydrogens is 128 g/mol. The second-order valence-electron chi connectivity index (χ2n) is 1.77. The fourth-order valence-corrected chi connectivity index (χ4v) is 0.693. The van der Waals surface area contributed by atoms with Crippen LogP contribution >= 0.6 is 0 Å². The van der Waals surface area contributed by atoms with E-state index in [-0.39, 0.29) is 0 Å². The highest BCUT2D eigenvalue weighted by molar-refractivity contribution is 5.70. The van der Waals surface area contributed by atoms with Gasteiger partial charge in [-0.1, -0.05) is 0 Å². The van der Waals surface area contributed by atoms with E-state index in [1.807, 2.05) is 0 Å². The van der Waals surface area contributed by atoms with Crippen LogP contribution in [0.4, 0.5) is 0 Å². The SMILES string of the molecule is [c]1cc2ncncc2nn1. The Bertz CT molecular complexity index is 281. The van der Waals surface area contributed by atoms with Gasteiger partial charge in [0, 0.05) is 0 Å². The van der Waals surface area contributed by atoms with Gasteiger partial charge in [0.1, 0.15) is 18.0 Å². The van der Waals surface area contributed by atoms with Crippen LogP contribution in [-0.4, -0.2) is 20.2 Å². The molecule has 47 valence electrons. The summed E-state index contributed by atoms with van der Waals surface area (Å²) in [5, 5.41) is 7.31. The first-order valence-electron chi connectivity index (χ1n) is 2.76. The van der Waals surface area contributed by atoms with Crippen LogP contribution < -0.4 is 0 Å². The van der Waals surface area contributed by atoms with Crippen LogP contribution in [0.2, 0.25) is 0 Å². The minimum Gasteiger partial charge on any atom is -0.242 e. The van der Waals surface area contributed by atoms with Crippen molar-refractivity contribution in [3.8, 4) is 0 Å². The number of hydrogen-bond acceptors (Lipinski definition) is 4.